The molecule has 0 unspecified atom stereocenters. The molecule has 0 saturated carbocycles. The van der Waals surface area contributed by atoms with Gasteiger partial charge in [0.25, 0.3) is 0 Å². The number of amides is 2. The summed E-state index contributed by atoms with van der Waals surface area (Å²) in [4.78, 5) is 29.6. The molecule has 0 fully saturated rings. The Hall–Kier alpha value is -2.82. The Morgan fingerprint density at radius 1 is 0.781 bits per heavy atom. The Morgan fingerprint density at radius 3 is 1.41 bits per heavy atom. The smallest absolute Gasteiger partial charge is 0.409 e. The van der Waals surface area contributed by atoms with Gasteiger partial charge in [0.1, 0.15) is 17.7 Å². The maximum absolute atomic E-state index is 12.7. The summed E-state index contributed by atoms with van der Waals surface area (Å²) in [6.07, 6.45) is -0.979. The first-order valence-corrected chi connectivity index (χ1v) is 11.9. The zero-order valence-corrected chi connectivity index (χ0v) is 20.7. The van der Waals surface area contributed by atoms with Crippen LogP contribution in [0.5, 0.6) is 11.5 Å². The van der Waals surface area contributed by atoms with Crippen LogP contribution in [0.2, 0.25) is 0 Å². The molecule has 1 aromatic rings. The molecule has 0 radical (unpaired) electrons. The molecule has 1 heterocycles. The molecule has 8 nitrogen and oxygen atoms in total. The van der Waals surface area contributed by atoms with Crippen LogP contribution < -0.4 is 9.47 Å². The van der Waals surface area contributed by atoms with Crippen LogP contribution in [0.4, 0.5) is 9.59 Å². The number of benzene rings is 1. The fraction of sp³-hybridized carbons (Fsp3) is 0.455. The highest BCUT2D eigenvalue weighted by atomic mass is 32.2. The minimum absolute atomic E-state index is 0.0476. The molecule has 2 amide bonds. The number of nitriles is 2. The molecular weight excluding hydrogens is 448 g/mol. The van der Waals surface area contributed by atoms with E-state index in [1.54, 1.807) is 23.6 Å². The fourth-order valence-corrected chi connectivity index (χ4v) is 5.63. The maximum atomic E-state index is 12.7. The zero-order chi connectivity index (χ0) is 24.0. The van der Waals surface area contributed by atoms with E-state index in [1.165, 1.54) is 23.5 Å². The molecule has 0 atom stereocenters. The van der Waals surface area contributed by atoms with Gasteiger partial charge in [0.2, 0.25) is 0 Å². The zero-order valence-electron chi connectivity index (χ0n) is 19.1. The third-order valence-electron chi connectivity index (χ3n) is 5.10. The molecular formula is C22H26N4O4S2. The van der Waals surface area contributed by atoms with Crippen LogP contribution in [0.25, 0.3) is 0 Å². The monoisotopic (exact) mass is 474 g/mol. The van der Waals surface area contributed by atoms with E-state index in [4.69, 9.17) is 9.47 Å². The van der Waals surface area contributed by atoms with E-state index < -0.39 is 12.2 Å². The number of thioether (sulfide) groups is 2. The van der Waals surface area contributed by atoms with Crippen LogP contribution in [0.15, 0.2) is 19.6 Å². The summed E-state index contributed by atoms with van der Waals surface area (Å²) >= 11 is 2.34. The number of allylic oxidation sites excluding steroid dienone is 1. The van der Waals surface area contributed by atoms with E-state index in [9.17, 15) is 20.1 Å². The van der Waals surface area contributed by atoms with Crippen molar-refractivity contribution in [3.63, 3.8) is 0 Å². The van der Waals surface area contributed by atoms with Gasteiger partial charge in [-0.25, -0.2) is 9.59 Å². The Kier molecular flexibility index (Phi) is 8.88. The van der Waals surface area contributed by atoms with Crippen LogP contribution in [0.3, 0.4) is 0 Å². The highest BCUT2D eigenvalue weighted by molar-refractivity contribution is 8.24. The Bertz CT molecular complexity index is 953. The van der Waals surface area contributed by atoms with Crippen LogP contribution >= 0.6 is 23.5 Å². The average molecular weight is 475 g/mol. The molecule has 0 bridgehead atoms. The predicted octanol–water partition coefficient (Wildman–Crippen LogP) is 5.44. The van der Waals surface area contributed by atoms with E-state index >= 15 is 0 Å². The van der Waals surface area contributed by atoms with Gasteiger partial charge in [-0.3, -0.25) is 0 Å². The number of ether oxygens (including phenoxy) is 2. The van der Waals surface area contributed by atoms with Crippen LogP contribution in [-0.4, -0.2) is 48.2 Å². The maximum Gasteiger partial charge on any atom is 0.415 e. The van der Waals surface area contributed by atoms with Crippen LogP contribution in [-0.2, 0) is 0 Å². The molecule has 0 spiro atoms. The summed E-state index contributed by atoms with van der Waals surface area (Å²) in [6.45, 7) is 13.0. The normalized spacial score (nSPS) is 11.8. The van der Waals surface area contributed by atoms with Gasteiger partial charge in [-0.15, -0.1) is 0 Å². The van der Waals surface area contributed by atoms with Gasteiger partial charge in [0, 0.05) is 26.2 Å². The van der Waals surface area contributed by atoms with Crippen LogP contribution in [0, 0.1) is 36.5 Å². The first-order valence-electron chi connectivity index (χ1n) is 10.3. The van der Waals surface area contributed by atoms with Gasteiger partial charge in [-0.05, 0) is 52.7 Å². The third kappa shape index (κ3) is 4.98. The Balaban J connectivity index is 2.65. The lowest BCUT2D eigenvalue weighted by molar-refractivity contribution is 0.152. The highest BCUT2D eigenvalue weighted by Gasteiger charge is 2.34. The fourth-order valence-electron chi connectivity index (χ4n) is 3.01. The molecule has 0 aliphatic carbocycles. The molecule has 0 N–H and O–H groups in total. The second-order valence-electron chi connectivity index (χ2n) is 6.74. The summed E-state index contributed by atoms with van der Waals surface area (Å²) in [5.74, 6) is 0.694. The largest absolute Gasteiger partial charge is 0.415 e. The van der Waals surface area contributed by atoms with Crippen molar-refractivity contribution in [2.45, 2.75) is 51.3 Å². The predicted molar refractivity (Wildman–Crippen MR) is 124 cm³/mol. The quantitative estimate of drug-likeness (QED) is 0.502. The topological polar surface area (TPSA) is 107 Å². The number of fused-ring (bicyclic) bond motifs is 1. The van der Waals surface area contributed by atoms with Crippen molar-refractivity contribution in [2.24, 2.45) is 0 Å². The lowest BCUT2D eigenvalue weighted by atomic mass is 10.1. The van der Waals surface area contributed by atoms with Crippen LogP contribution in [0.1, 0.15) is 38.8 Å². The third-order valence-corrected chi connectivity index (χ3v) is 7.70. The van der Waals surface area contributed by atoms with Gasteiger partial charge in [-0.1, -0.05) is 23.5 Å². The first-order chi connectivity index (χ1) is 15.3. The van der Waals surface area contributed by atoms with Crippen molar-refractivity contribution in [3.8, 4) is 23.6 Å². The van der Waals surface area contributed by atoms with Gasteiger partial charge in [0.15, 0.2) is 11.5 Å². The van der Waals surface area contributed by atoms with E-state index in [2.05, 4.69) is 0 Å². The minimum Gasteiger partial charge on any atom is -0.409 e. The lowest BCUT2D eigenvalue weighted by Gasteiger charge is -2.23. The molecule has 0 aromatic heterocycles. The van der Waals surface area contributed by atoms with Crippen molar-refractivity contribution < 1.29 is 19.1 Å². The van der Waals surface area contributed by atoms with Crippen molar-refractivity contribution in [1.82, 2.24) is 9.80 Å². The average Bonchev–Trinajstić information content (AvgIpc) is 3.21. The second-order valence-corrected chi connectivity index (χ2v) is 9.04. The van der Waals surface area contributed by atoms with Gasteiger partial charge < -0.3 is 19.3 Å². The molecule has 1 aromatic carbocycles. The molecule has 10 heteroatoms. The summed E-state index contributed by atoms with van der Waals surface area (Å²) in [5.41, 5.74) is 1.25. The molecule has 32 heavy (non-hydrogen) atoms. The summed E-state index contributed by atoms with van der Waals surface area (Å²) < 4.78 is 12.0. The number of nitrogens with zero attached hydrogens (tertiary/aromatic N) is 4. The summed E-state index contributed by atoms with van der Waals surface area (Å²) in [6, 6.07) is 3.79. The first kappa shape index (κ1) is 25.4. The Morgan fingerprint density at radius 2 is 1.12 bits per heavy atom. The van der Waals surface area contributed by atoms with E-state index in [0.717, 1.165) is 0 Å². The number of rotatable bonds is 6. The van der Waals surface area contributed by atoms with Gasteiger partial charge >= 0.3 is 12.2 Å². The molecule has 0 saturated heterocycles. The van der Waals surface area contributed by atoms with Crippen molar-refractivity contribution in [3.05, 3.63) is 20.9 Å². The van der Waals surface area contributed by atoms with E-state index in [1.807, 2.05) is 39.8 Å². The molecule has 1 aliphatic rings. The lowest BCUT2D eigenvalue weighted by Crippen LogP contribution is -2.34. The SMILES string of the molecule is CCN(CC)C(=O)Oc1c(C)c(C)c(OC(=O)N(CC)CC)c2c1SC(=C(C#N)C#N)S2. The number of carbonyl (C=O) groups excluding carboxylic acids is 2. The highest BCUT2D eigenvalue weighted by Crippen LogP contribution is 2.60. The van der Waals surface area contributed by atoms with E-state index in [-0.39, 0.29) is 5.57 Å². The number of carbonyl (C=O) groups is 2. The van der Waals surface area contributed by atoms with Gasteiger partial charge in [-0.2, -0.15) is 10.5 Å². The summed E-state index contributed by atoms with van der Waals surface area (Å²) in [7, 11) is 0. The van der Waals surface area contributed by atoms with Crippen molar-refractivity contribution >= 4 is 35.7 Å². The Labute approximate surface area is 197 Å². The number of hydrogen-bond donors (Lipinski definition) is 0. The number of hydrogen-bond acceptors (Lipinski definition) is 8. The molecule has 170 valence electrons. The molecule has 1 aliphatic heterocycles. The standard InChI is InChI=1S/C22H26N4O4S2/c1-7-25(8-2)21(27)29-16-13(5)14(6)17(30-22(28)26(9-3)10-4)19-18(16)31-20(32-19)15(11-23)12-24/h7-10H2,1-6H3. The van der Waals surface area contributed by atoms with Gasteiger partial charge in [0.05, 0.1) is 14.0 Å². The second kappa shape index (κ2) is 11.2. The molecule has 2 rings (SSSR count). The summed E-state index contributed by atoms with van der Waals surface area (Å²) in [5, 5.41) is 18.7. The van der Waals surface area contributed by atoms with Crippen molar-refractivity contribution in [1.29, 1.82) is 10.5 Å². The van der Waals surface area contributed by atoms with E-state index in [0.29, 0.717) is 62.8 Å². The minimum atomic E-state index is -0.489. The van der Waals surface area contributed by atoms with Crippen molar-refractivity contribution in [2.75, 3.05) is 26.2 Å².